The van der Waals surface area contributed by atoms with Gasteiger partial charge in [-0.05, 0) is 24.5 Å². The van der Waals surface area contributed by atoms with E-state index < -0.39 is 5.75 Å². The van der Waals surface area contributed by atoms with E-state index in [2.05, 4.69) is 0 Å². The average Bonchev–Trinajstić information content (AvgIpc) is 2.36. The van der Waals surface area contributed by atoms with Gasteiger partial charge in [0, 0.05) is 17.0 Å². The topological polar surface area (TPSA) is 80.9 Å². The molecular weight excluding hydrogens is 232 g/mol. The van der Waals surface area contributed by atoms with Crippen molar-refractivity contribution in [2.75, 3.05) is 0 Å². The molecule has 0 fully saturated rings. The summed E-state index contributed by atoms with van der Waals surface area (Å²) >= 11 is 0. The maximum Gasteiger partial charge on any atom is 0.165 e. The van der Waals surface area contributed by atoms with Crippen molar-refractivity contribution in [3.05, 3.63) is 35.4 Å². The summed E-state index contributed by atoms with van der Waals surface area (Å²) < 4.78 is 0. The lowest BCUT2D eigenvalue weighted by Gasteiger charge is -2.16. The number of aromatic hydroxyl groups is 4. The third kappa shape index (κ3) is 1.32. The van der Waals surface area contributed by atoms with E-state index in [0.29, 0.717) is 12.8 Å². The van der Waals surface area contributed by atoms with Crippen LogP contribution in [0.3, 0.4) is 0 Å². The minimum absolute atomic E-state index is 0.0281. The smallest absolute Gasteiger partial charge is 0.165 e. The van der Waals surface area contributed by atoms with Crippen molar-refractivity contribution in [2.45, 2.75) is 12.8 Å². The molecule has 1 aliphatic rings. The third-order valence-corrected chi connectivity index (χ3v) is 3.35. The van der Waals surface area contributed by atoms with Crippen LogP contribution >= 0.6 is 0 Å². The van der Waals surface area contributed by atoms with Gasteiger partial charge in [0.15, 0.2) is 11.5 Å². The van der Waals surface area contributed by atoms with E-state index >= 15 is 0 Å². The summed E-state index contributed by atoms with van der Waals surface area (Å²) in [5.41, 5.74) is 1.65. The lowest BCUT2D eigenvalue weighted by molar-refractivity contribution is 0.401. The van der Waals surface area contributed by atoms with Gasteiger partial charge in [0.2, 0.25) is 0 Å². The van der Waals surface area contributed by atoms with E-state index in [1.54, 1.807) is 6.07 Å². The number of fused-ring (bicyclic) bond motifs is 2. The average molecular weight is 244 g/mol. The highest BCUT2D eigenvalue weighted by Crippen LogP contribution is 2.46. The molecule has 4 N–H and O–H groups in total. The van der Waals surface area contributed by atoms with Crippen LogP contribution in [0.25, 0.3) is 10.8 Å². The molecule has 0 saturated heterocycles. The van der Waals surface area contributed by atoms with Gasteiger partial charge in [0.05, 0.1) is 5.39 Å². The van der Waals surface area contributed by atoms with Crippen LogP contribution in [0.2, 0.25) is 0 Å². The Bertz CT molecular complexity index is 686. The Balaban J connectivity index is 2.47. The van der Waals surface area contributed by atoms with E-state index in [4.69, 9.17) is 0 Å². The lowest BCUT2D eigenvalue weighted by Crippen LogP contribution is -1.98. The van der Waals surface area contributed by atoms with Crippen molar-refractivity contribution in [3.8, 4) is 23.0 Å². The molecule has 0 amide bonds. The number of rotatable bonds is 0. The normalized spacial score (nSPS) is 13.8. The molecule has 3 rings (SSSR count). The van der Waals surface area contributed by atoms with Crippen LogP contribution in [-0.4, -0.2) is 20.4 Å². The summed E-state index contributed by atoms with van der Waals surface area (Å²) in [6.07, 6.45) is 5.19. The van der Waals surface area contributed by atoms with Gasteiger partial charge in [-0.15, -0.1) is 0 Å². The molecule has 18 heavy (non-hydrogen) atoms. The quantitative estimate of drug-likeness (QED) is 0.326. The molecule has 0 bridgehead atoms. The minimum atomic E-state index is -0.397. The van der Waals surface area contributed by atoms with Crippen molar-refractivity contribution < 1.29 is 20.4 Å². The predicted octanol–water partition coefficient (Wildman–Crippen LogP) is 2.32. The first-order chi connectivity index (χ1) is 8.59. The Morgan fingerprint density at radius 3 is 2.28 bits per heavy atom. The zero-order valence-electron chi connectivity index (χ0n) is 9.51. The van der Waals surface area contributed by atoms with Crippen LogP contribution in [0.1, 0.15) is 11.1 Å². The Morgan fingerprint density at radius 1 is 0.778 bits per heavy atom. The third-order valence-electron chi connectivity index (χ3n) is 3.35. The van der Waals surface area contributed by atoms with E-state index in [-0.39, 0.29) is 28.0 Å². The fraction of sp³-hybridized carbons (Fsp3) is 0.143. The second-order valence-corrected chi connectivity index (χ2v) is 4.43. The summed E-state index contributed by atoms with van der Waals surface area (Å²) in [6, 6.07) is 2.73. The summed E-state index contributed by atoms with van der Waals surface area (Å²) in [7, 11) is 0. The van der Waals surface area contributed by atoms with Gasteiger partial charge in [-0.25, -0.2) is 0 Å². The SMILES string of the molecule is Oc1cc(O)c2c(O)c3c(cc2c1O)CC=CC3. The fourth-order valence-corrected chi connectivity index (χ4v) is 2.44. The highest BCUT2D eigenvalue weighted by molar-refractivity contribution is 6.00. The number of phenolic OH excluding ortho intramolecular Hbond substituents is 4. The molecule has 0 aliphatic heterocycles. The first-order valence-electron chi connectivity index (χ1n) is 5.66. The zero-order valence-corrected chi connectivity index (χ0v) is 9.51. The number of hydrogen-bond acceptors (Lipinski definition) is 4. The van der Waals surface area contributed by atoms with Gasteiger partial charge in [0.1, 0.15) is 11.5 Å². The van der Waals surface area contributed by atoms with Crippen LogP contribution in [0.15, 0.2) is 24.3 Å². The van der Waals surface area contributed by atoms with Crippen LogP contribution in [0.4, 0.5) is 0 Å². The molecule has 2 aromatic carbocycles. The van der Waals surface area contributed by atoms with Gasteiger partial charge in [-0.3, -0.25) is 0 Å². The maximum atomic E-state index is 10.2. The number of benzene rings is 2. The molecule has 0 spiro atoms. The van der Waals surface area contributed by atoms with Gasteiger partial charge in [-0.1, -0.05) is 12.2 Å². The molecule has 0 radical (unpaired) electrons. The summed E-state index contributed by atoms with van der Waals surface area (Å²) in [5.74, 6) is -0.990. The fourth-order valence-electron chi connectivity index (χ4n) is 2.44. The monoisotopic (exact) mass is 244 g/mol. The highest BCUT2D eigenvalue weighted by atomic mass is 16.3. The zero-order chi connectivity index (χ0) is 12.9. The van der Waals surface area contributed by atoms with E-state index in [0.717, 1.165) is 17.2 Å². The minimum Gasteiger partial charge on any atom is -0.507 e. The van der Waals surface area contributed by atoms with Crippen LogP contribution in [-0.2, 0) is 12.8 Å². The van der Waals surface area contributed by atoms with Gasteiger partial charge < -0.3 is 20.4 Å². The Labute approximate surface area is 103 Å². The Kier molecular flexibility index (Phi) is 2.13. The van der Waals surface area contributed by atoms with Crippen LogP contribution in [0.5, 0.6) is 23.0 Å². The largest absolute Gasteiger partial charge is 0.507 e. The molecule has 4 heteroatoms. The van der Waals surface area contributed by atoms with Crippen molar-refractivity contribution >= 4 is 10.8 Å². The number of hydrogen-bond donors (Lipinski definition) is 4. The molecule has 2 aromatic rings. The first kappa shape index (κ1) is 10.8. The van der Waals surface area contributed by atoms with Crippen molar-refractivity contribution in [3.63, 3.8) is 0 Å². The van der Waals surface area contributed by atoms with Crippen LogP contribution < -0.4 is 0 Å². The molecule has 92 valence electrons. The summed E-state index contributed by atoms with van der Waals surface area (Å²) in [6.45, 7) is 0. The summed E-state index contributed by atoms with van der Waals surface area (Å²) in [4.78, 5) is 0. The summed E-state index contributed by atoms with van der Waals surface area (Å²) in [5, 5.41) is 39.8. The molecule has 0 aromatic heterocycles. The lowest BCUT2D eigenvalue weighted by atomic mass is 9.91. The van der Waals surface area contributed by atoms with E-state index in [1.807, 2.05) is 12.2 Å². The number of phenols is 4. The molecule has 0 saturated carbocycles. The van der Waals surface area contributed by atoms with E-state index in [9.17, 15) is 20.4 Å². The van der Waals surface area contributed by atoms with Gasteiger partial charge in [0.25, 0.3) is 0 Å². The van der Waals surface area contributed by atoms with Crippen molar-refractivity contribution in [1.82, 2.24) is 0 Å². The predicted molar refractivity (Wildman–Crippen MR) is 67.2 cm³/mol. The maximum absolute atomic E-state index is 10.2. The van der Waals surface area contributed by atoms with Crippen molar-refractivity contribution in [1.29, 1.82) is 0 Å². The second-order valence-electron chi connectivity index (χ2n) is 4.43. The number of allylic oxidation sites excluding steroid dienone is 2. The Hall–Kier alpha value is -2.36. The van der Waals surface area contributed by atoms with Gasteiger partial charge in [-0.2, -0.15) is 0 Å². The molecule has 0 heterocycles. The first-order valence-corrected chi connectivity index (χ1v) is 5.66. The van der Waals surface area contributed by atoms with Crippen molar-refractivity contribution in [2.24, 2.45) is 0 Å². The van der Waals surface area contributed by atoms with Crippen LogP contribution in [0, 0.1) is 0 Å². The standard InChI is InChI=1S/C14H12O4/c15-10-6-11(16)13(17)9-5-7-3-1-2-4-8(7)14(18)12(9)10/h1-2,5-6,15-18H,3-4H2. The highest BCUT2D eigenvalue weighted by Gasteiger charge is 2.19. The molecular formula is C14H12O4. The second kappa shape index (κ2) is 3.57. The molecule has 0 atom stereocenters. The molecule has 0 unspecified atom stereocenters. The molecule has 1 aliphatic carbocycles. The van der Waals surface area contributed by atoms with E-state index in [1.165, 1.54) is 0 Å². The van der Waals surface area contributed by atoms with Gasteiger partial charge >= 0.3 is 0 Å². The Morgan fingerprint density at radius 2 is 1.50 bits per heavy atom. The molecule has 4 nitrogen and oxygen atoms in total.